The van der Waals surface area contributed by atoms with E-state index in [1.165, 1.54) is 19.3 Å². The number of benzene rings is 1. The molecule has 0 saturated heterocycles. The molecule has 5 nitrogen and oxygen atoms in total. The first-order valence-corrected chi connectivity index (χ1v) is 8.79. The second-order valence-electron chi connectivity index (χ2n) is 6.78. The topological polar surface area (TPSA) is 64.8 Å². The van der Waals surface area contributed by atoms with Gasteiger partial charge in [-0.15, -0.1) is 12.4 Å². The number of carbonyl (C=O) groups is 1. The summed E-state index contributed by atoms with van der Waals surface area (Å²) in [5.74, 6) is 1.75. The van der Waals surface area contributed by atoms with Crippen molar-refractivity contribution in [2.45, 2.75) is 38.5 Å². The zero-order valence-corrected chi connectivity index (χ0v) is 16.1. The number of rotatable bonds is 8. The van der Waals surface area contributed by atoms with Crippen molar-refractivity contribution >= 4 is 18.3 Å². The maximum Gasteiger partial charge on any atom is 0.223 e. The Morgan fingerprint density at radius 3 is 2.32 bits per heavy atom. The lowest BCUT2D eigenvalue weighted by molar-refractivity contribution is -0.133. The molecule has 0 spiro atoms. The average Bonchev–Trinajstić information content (AvgIpc) is 2.63. The first-order chi connectivity index (χ1) is 11.6. The Balaban J connectivity index is 0.00000312. The van der Waals surface area contributed by atoms with Crippen LogP contribution in [0.2, 0.25) is 0 Å². The molecule has 1 fully saturated rings. The number of methoxy groups -OCH3 is 1. The monoisotopic (exact) mass is 370 g/mol. The Bertz CT molecular complexity index is 516. The van der Waals surface area contributed by atoms with E-state index >= 15 is 0 Å². The lowest BCUT2D eigenvalue weighted by Gasteiger charge is -2.36. The van der Waals surface area contributed by atoms with Crippen LogP contribution in [0, 0.1) is 5.41 Å². The van der Waals surface area contributed by atoms with Crippen LogP contribution in [0.25, 0.3) is 0 Å². The summed E-state index contributed by atoms with van der Waals surface area (Å²) in [5, 5.41) is 0. The summed E-state index contributed by atoms with van der Waals surface area (Å²) in [6.07, 6.45) is 6.35. The van der Waals surface area contributed by atoms with Crippen LogP contribution in [0.5, 0.6) is 11.5 Å². The number of nitrogens with zero attached hydrogens (tertiary/aromatic N) is 1. The van der Waals surface area contributed by atoms with Crippen molar-refractivity contribution in [3.05, 3.63) is 24.3 Å². The quantitative estimate of drug-likeness (QED) is 0.762. The molecule has 1 aromatic rings. The van der Waals surface area contributed by atoms with E-state index < -0.39 is 0 Å². The number of carbonyl (C=O) groups excluding carboxylic acids is 1. The highest BCUT2D eigenvalue weighted by molar-refractivity contribution is 5.85. The third-order valence-electron chi connectivity index (χ3n) is 5.05. The van der Waals surface area contributed by atoms with Gasteiger partial charge in [0.25, 0.3) is 0 Å². The van der Waals surface area contributed by atoms with E-state index in [1.807, 2.05) is 31.3 Å². The summed E-state index contributed by atoms with van der Waals surface area (Å²) in [5.41, 5.74) is 6.00. The lowest BCUT2D eigenvalue weighted by Crippen LogP contribution is -2.40. The number of likely N-dealkylation sites (N-methyl/N-ethyl adjacent to an activating group) is 1. The molecule has 0 aliphatic heterocycles. The van der Waals surface area contributed by atoms with Crippen molar-refractivity contribution in [2.24, 2.45) is 11.1 Å². The van der Waals surface area contributed by atoms with Gasteiger partial charge in [0, 0.05) is 13.5 Å². The molecule has 142 valence electrons. The van der Waals surface area contributed by atoms with Crippen LogP contribution in [0.1, 0.15) is 38.5 Å². The van der Waals surface area contributed by atoms with Gasteiger partial charge in [-0.25, -0.2) is 0 Å². The largest absolute Gasteiger partial charge is 0.497 e. The summed E-state index contributed by atoms with van der Waals surface area (Å²) in [7, 11) is 3.48. The molecule has 0 bridgehead atoms. The first-order valence-electron chi connectivity index (χ1n) is 8.79. The van der Waals surface area contributed by atoms with E-state index in [2.05, 4.69) is 0 Å². The van der Waals surface area contributed by atoms with Crippen molar-refractivity contribution < 1.29 is 14.3 Å². The molecule has 0 aromatic heterocycles. The highest BCUT2D eigenvalue weighted by atomic mass is 35.5. The second-order valence-corrected chi connectivity index (χ2v) is 6.78. The minimum Gasteiger partial charge on any atom is -0.497 e. The van der Waals surface area contributed by atoms with Gasteiger partial charge in [0.15, 0.2) is 0 Å². The van der Waals surface area contributed by atoms with E-state index in [0.717, 1.165) is 24.3 Å². The lowest BCUT2D eigenvalue weighted by atomic mass is 9.71. The Morgan fingerprint density at radius 1 is 1.16 bits per heavy atom. The van der Waals surface area contributed by atoms with Gasteiger partial charge in [-0.3, -0.25) is 4.79 Å². The van der Waals surface area contributed by atoms with Gasteiger partial charge in [-0.05, 0) is 49.1 Å². The average molecular weight is 371 g/mol. The molecule has 2 rings (SSSR count). The normalized spacial score (nSPS) is 15.8. The smallest absolute Gasteiger partial charge is 0.223 e. The molecule has 0 atom stereocenters. The summed E-state index contributed by atoms with van der Waals surface area (Å²) < 4.78 is 10.8. The predicted octanol–water partition coefficient (Wildman–Crippen LogP) is 3.25. The Kier molecular flexibility index (Phi) is 9.08. The summed E-state index contributed by atoms with van der Waals surface area (Å²) in [4.78, 5) is 14.3. The number of halogens is 1. The van der Waals surface area contributed by atoms with Gasteiger partial charge in [-0.2, -0.15) is 0 Å². The summed E-state index contributed by atoms with van der Waals surface area (Å²) in [6.45, 7) is 1.66. The zero-order valence-electron chi connectivity index (χ0n) is 15.3. The van der Waals surface area contributed by atoms with E-state index in [-0.39, 0.29) is 23.7 Å². The highest BCUT2D eigenvalue weighted by Crippen LogP contribution is 2.38. The number of ether oxygens (including phenoxy) is 2. The third-order valence-corrected chi connectivity index (χ3v) is 5.05. The molecule has 0 heterocycles. The number of amides is 1. The predicted molar refractivity (Wildman–Crippen MR) is 103 cm³/mol. The van der Waals surface area contributed by atoms with Crippen LogP contribution in [-0.2, 0) is 4.79 Å². The number of hydrogen-bond donors (Lipinski definition) is 1. The van der Waals surface area contributed by atoms with E-state index in [0.29, 0.717) is 26.1 Å². The second kappa shape index (κ2) is 10.5. The number of nitrogens with two attached hydrogens (primary N) is 1. The molecule has 25 heavy (non-hydrogen) atoms. The van der Waals surface area contributed by atoms with E-state index in [4.69, 9.17) is 15.2 Å². The third kappa shape index (κ3) is 6.40. The van der Waals surface area contributed by atoms with Gasteiger partial charge in [-0.1, -0.05) is 19.3 Å². The Morgan fingerprint density at radius 2 is 1.76 bits per heavy atom. The SMILES string of the molecule is COc1ccc(OCCN(C)C(=O)CC2(CN)CCCCC2)cc1.Cl. The summed E-state index contributed by atoms with van der Waals surface area (Å²) >= 11 is 0. The molecule has 0 unspecified atom stereocenters. The molecule has 6 heteroatoms. The Labute approximate surface area is 157 Å². The van der Waals surface area contributed by atoms with Crippen molar-refractivity contribution in [1.82, 2.24) is 4.90 Å². The molecule has 1 aliphatic carbocycles. The molecule has 1 saturated carbocycles. The van der Waals surface area contributed by atoms with Crippen molar-refractivity contribution in [3.8, 4) is 11.5 Å². The molecular weight excluding hydrogens is 340 g/mol. The highest BCUT2D eigenvalue weighted by Gasteiger charge is 2.33. The zero-order chi connectivity index (χ0) is 17.4. The maximum atomic E-state index is 12.5. The molecule has 1 aromatic carbocycles. The van der Waals surface area contributed by atoms with E-state index in [1.54, 1.807) is 12.0 Å². The van der Waals surface area contributed by atoms with Crippen LogP contribution in [0.15, 0.2) is 24.3 Å². The van der Waals surface area contributed by atoms with Gasteiger partial charge >= 0.3 is 0 Å². The van der Waals surface area contributed by atoms with Gasteiger partial charge in [0.1, 0.15) is 18.1 Å². The van der Waals surface area contributed by atoms with E-state index in [9.17, 15) is 4.79 Å². The fraction of sp³-hybridized carbons (Fsp3) is 0.632. The van der Waals surface area contributed by atoms with Crippen LogP contribution in [0.3, 0.4) is 0 Å². The van der Waals surface area contributed by atoms with Crippen molar-refractivity contribution in [2.75, 3.05) is 33.9 Å². The Hall–Kier alpha value is -1.46. The van der Waals surface area contributed by atoms with Gasteiger partial charge in [0.2, 0.25) is 5.91 Å². The minimum absolute atomic E-state index is 0. The van der Waals surface area contributed by atoms with Crippen molar-refractivity contribution in [1.29, 1.82) is 0 Å². The van der Waals surface area contributed by atoms with Gasteiger partial charge < -0.3 is 20.1 Å². The molecule has 0 radical (unpaired) electrons. The number of hydrogen-bond acceptors (Lipinski definition) is 4. The molecule has 1 aliphatic rings. The first kappa shape index (κ1) is 21.6. The fourth-order valence-corrected chi connectivity index (χ4v) is 3.31. The van der Waals surface area contributed by atoms with Crippen molar-refractivity contribution in [3.63, 3.8) is 0 Å². The van der Waals surface area contributed by atoms with Crippen LogP contribution < -0.4 is 15.2 Å². The molecular formula is C19H31ClN2O3. The molecule has 2 N–H and O–H groups in total. The van der Waals surface area contributed by atoms with Gasteiger partial charge in [0.05, 0.1) is 13.7 Å². The molecule has 1 amide bonds. The minimum atomic E-state index is 0. The summed E-state index contributed by atoms with van der Waals surface area (Å²) in [6, 6.07) is 7.45. The van der Waals surface area contributed by atoms with Crippen LogP contribution in [0.4, 0.5) is 0 Å². The fourth-order valence-electron chi connectivity index (χ4n) is 3.31. The van der Waals surface area contributed by atoms with Crippen LogP contribution in [-0.4, -0.2) is 44.7 Å². The standard InChI is InChI=1S/C19H30N2O3.ClH/c1-21(12-13-24-17-8-6-16(23-2)7-9-17)18(22)14-19(15-20)10-4-3-5-11-19;/h6-9H,3-5,10-15,20H2,1-2H3;1H. The van der Waals surface area contributed by atoms with Crippen LogP contribution >= 0.6 is 12.4 Å². The maximum absolute atomic E-state index is 12.5.